The van der Waals surface area contributed by atoms with E-state index in [1.54, 1.807) is 47.7 Å². The van der Waals surface area contributed by atoms with Crippen molar-refractivity contribution in [3.05, 3.63) is 87.1 Å². The Kier molecular flexibility index (Phi) is 7.50. The first-order valence-electron chi connectivity index (χ1n) is 9.04. The van der Waals surface area contributed by atoms with Crippen LogP contribution in [0, 0.1) is 11.3 Å². The lowest BCUT2D eigenvalue weighted by Crippen LogP contribution is -2.27. The molecule has 3 aromatic rings. The third-order valence-corrected chi connectivity index (χ3v) is 5.23. The van der Waals surface area contributed by atoms with Crippen LogP contribution in [0.5, 0.6) is 11.5 Å². The number of thiophene rings is 1. The second-order valence-electron chi connectivity index (χ2n) is 6.24. The van der Waals surface area contributed by atoms with Crippen molar-refractivity contribution in [3.63, 3.8) is 0 Å². The summed E-state index contributed by atoms with van der Waals surface area (Å²) in [5.41, 5.74) is 2.72. The lowest BCUT2D eigenvalue weighted by Gasteiger charge is -2.17. The summed E-state index contributed by atoms with van der Waals surface area (Å²) in [6, 6.07) is 16.3. The monoisotopic (exact) mass is 438 g/mol. The number of benzene rings is 2. The second-order valence-corrected chi connectivity index (χ2v) is 7.46. The molecule has 0 fully saturated rings. The van der Waals surface area contributed by atoms with Crippen LogP contribution in [0.2, 0.25) is 5.02 Å². The van der Waals surface area contributed by atoms with Crippen LogP contribution in [-0.4, -0.2) is 19.6 Å². The first-order valence-corrected chi connectivity index (χ1v) is 10.4. The predicted octanol–water partition coefficient (Wildman–Crippen LogP) is 5.23. The molecule has 5 nitrogen and oxygen atoms in total. The zero-order valence-corrected chi connectivity index (χ0v) is 17.7. The molecule has 1 amide bonds. The van der Waals surface area contributed by atoms with Gasteiger partial charge in [-0.2, -0.15) is 16.6 Å². The first kappa shape index (κ1) is 21.4. The molecule has 2 aromatic carbocycles. The number of carbonyl (C=O) groups is 1. The summed E-state index contributed by atoms with van der Waals surface area (Å²) in [5.74, 6) is 0.732. The van der Waals surface area contributed by atoms with Crippen LogP contribution in [-0.2, 0) is 4.79 Å². The summed E-state index contributed by atoms with van der Waals surface area (Å²) in [7, 11) is 1.52. The van der Waals surface area contributed by atoms with Crippen molar-refractivity contribution >= 4 is 34.9 Å². The van der Waals surface area contributed by atoms with Gasteiger partial charge in [-0.25, -0.2) is 0 Å². The molecule has 0 bridgehead atoms. The number of hydrogen-bond acceptors (Lipinski definition) is 5. The highest BCUT2D eigenvalue weighted by atomic mass is 35.5. The fourth-order valence-electron chi connectivity index (χ4n) is 2.83. The lowest BCUT2D eigenvalue weighted by atomic mass is 10.0. The summed E-state index contributed by atoms with van der Waals surface area (Å²) >= 11 is 7.57. The molecule has 1 aromatic heterocycles. The van der Waals surface area contributed by atoms with Crippen molar-refractivity contribution in [2.24, 2.45) is 0 Å². The number of nitriles is 1. The van der Waals surface area contributed by atoms with Crippen molar-refractivity contribution in [1.82, 2.24) is 5.32 Å². The standard InChI is InChI=1S/C23H19ClN2O3S/c1-28-21-14-16(2-8-20(21)29-12-11-25)3-9-22(27)26-23(18-10-13-30-15-18)17-4-6-19(24)7-5-17/h2-10,13-15,23H,12H2,1H3,(H,26,27)/b9-3+. The van der Waals surface area contributed by atoms with Crippen molar-refractivity contribution in [2.75, 3.05) is 13.7 Å². The van der Waals surface area contributed by atoms with Gasteiger partial charge in [0.1, 0.15) is 6.07 Å². The molecule has 3 rings (SSSR count). The van der Waals surface area contributed by atoms with Gasteiger partial charge < -0.3 is 14.8 Å². The van der Waals surface area contributed by atoms with Crippen molar-refractivity contribution in [3.8, 4) is 17.6 Å². The normalized spacial score (nSPS) is 11.6. The Morgan fingerprint density at radius 1 is 1.20 bits per heavy atom. The number of rotatable bonds is 8. The average molecular weight is 439 g/mol. The van der Waals surface area contributed by atoms with Gasteiger partial charge in [0.05, 0.1) is 13.2 Å². The number of carbonyl (C=O) groups excluding carboxylic acids is 1. The molecule has 1 atom stereocenters. The van der Waals surface area contributed by atoms with Crippen LogP contribution >= 0.6 is 22.9 Å². The van der Waals surface area contributed by atoms with E-state index in [0.717, 1.165) is 16.7 Å². The molecular weight excluding hydrogens is 420 g/mol. The van der Waals surface area contributed by atoms with Crippen molar-refractivity contribution < 1.29 is 14.3 Å². The minimum Gasteiger partial charge on any atom is -0.493 e. The third-order valence-electron chi connectivity index (χ3n) is 4.27. The molecule has 152 valence electrons. The van der Waals surface area contributed by atoms with Crippen LogP contribution in [0.1, 0.15) is 22.7 Å². The van der Waals surface area contributed by atoms with E-state index in [0.29, 0.717) is 16.5 Å². The Labute approximate surface area is 184 Å². The maximum Gasteiger partial charge on any atom is 0.244 e. The highest BCUT2D eigenvalue weighted by Gasteiger charge is 2.16. The molecule has 1 heterocycles. The number of nitrogens with zero attached hydrogens (tertiary/aromatic N) is 1. The van der Waals surface area contributed by atoms with Crippen molar-refractivity contribution in [1.29, 1.82) is 5.26 Å². The van der Waals surface area contributed by atoms with Crippen molar-refractivity contribution in [2.45, 2.75) is 6.04 Å². The number of methoxy groups -OCH3 is 1. The van der Waals surface area contributed by atoms with Gasteiger partial charge in [-0.15, -0.1) is 0 Å². The number of nitrogens with one attached hydrogen (secondary N) is 1. The Balaban J connectivity index is 1.74. The Morgan fingerprint density at radius 3 is 2.67 bits per heavy atom. The smallest absolute Gasteiger partial charge is 0.244 e. The van der Waals surface area contributed by atoms with Crippen LogP contribution in [0.25, 0.3) is 6.08 Å². The second kappa shape index (κ2) is 10.5. The van der Waals surface area contributed by atoms with Gasteiger partial charge in [0, 0.05) is 11.1 Å². The molecule has 0 radical (unpaired) electrons. The topological polar surface area (TPSA) is 71.3 Å². The summed E-state index contributed by atoms with van der Waals surface area (Å²) < 4.78 is 10.6. The maximum atomic E-state index is 12.6. The fraction of sp³-hybridized carbons (Fsp3) is 0.130. The predicted molar refractivity (Wildman–Crippen MR) is 119 cm³/mol. The van der Waals surface area contributed by atoms with Gasteiger partial charge in [0.2, 0.25) is 5.91 Å². The number of hydrogen-bond donors (Lipinski definition) is 1. The summed E-state index contributed by atoms with van der Waals surface area (Å²) in [4.78, 5) is 12.6. The first-order chi connectivity index (χ1) is 14.6. The minimum absolute atomic E-state index is 0.0668. The Bertz CT molecular complexity index is 1060. The summed E-state index contributed by atoms with van der Waals surface area (Å²) in [6.07, 6.45) is 3.17. The quantitative estimate of drug-likeness (QED) is 0.489. The van der Waals surface area contributed by atoms with E-state index in [-0.39, 0.29) is 18.6 Å². The number of ether oxygens (including phenoxy) is 2. The van der Waals surface area contributed by atoms with Gasteiger partial charge in [0.25, 0.3) is 0 Å². The molecule has 0 aliphatic carbocycles. The molecule has 0 aliphatic heterocycles. The van der Waals surface area contributed by atoms with Crippen LogP contribution in [0.3, 0.4) is 0 Å². The third kappa shape index (κ3) is 5.63. The molecular formula is C23H19ClN2O3S. The lowest BCUT2D eigenvalue weighted by molar-refractivity contribution is -0.116. The largest absolute Gasteiger partial charge is 0.493 e. The summed E-state index contributed by atoms with van der Waals surface area (Å²) in [6.45, 7) is -0.0668. The van der Waals surface area contributed by atoms with Gasteiger partial charge in [-0.1, -0.05) is 29.8 Å². The average Bonchev–Trinajstić information content (AvgIpc) is 3.30. The zero-order chi connectivity index (χ0) is 21.3. The molecule has 1 unspecified atom stereocenters. The van der Waals surface area contributed by atoms with Gasteiger partial charge >= 0.3 is 0 Å². The molecule has 0 spiro atoms. The summed E-state index contributed by atoms with van der Waals surface area (Å²) in [5, 5.41) is 16.3. The highest BCUT2D eigenvalue weighted by Crippen LogP contribution is 2.29. The van der Waals surface area contributed by atoms with Gasteiger partial charge in [-0.3, -0.25) is 4.79 Å². The molecule has 0 saturated carbocycles. The van der Waals surface area contributed by atoms with E-state index in [1.807, 2.05) is 35.0 Å². The van der Waals surface area contributed by atoms with E-state index in [1.165, 1.54) is 13.2 Å². The van der Waals surface area contributed by atoms with E-state index in [4.69, 9.17) is 26.3 Å². The maximum absolute atomic E-state index is 12.6. The van der Waals surface area contributed by atoms with Crippen LogP contribution < -0.4 is 14.8 Å². The van der Waals surface area contributed by atoms with E-state index in [9.17, 15) is 4.79 Å². The Hall–Kier alpha value is -3.27. The van der Waals surface area contributed by atoms with Crippen LogP contribution in [0.15, 0.2) is 65.4 Å². The van der Waals surface area contributed by atoms with E-state index < -0.39 is 0 Å². The van der Waals surface area contributed by atoms with Gasteiger partial charge in [0.15, 0.2) is 18.1 Å². The number of amides is 1. The van der Waals surface area contributed by atoms with E-state index >= 15 is 0 Å². The minimum atomic E-state index is -0.276. The fourth-order valence-corrected chi connectivity index (χ4v) is 3.65. The molecule has 0 aliphatic rings. The highest BCUT2D eigenvalue weighted by molar-refractivity contribution is 7.08. The SMILES string of the molecule is COc1cc(/C=C/C(=O)NC(c2ccc(Cl)cc2)c2ccsc2)ccc1OCC#N. The van der Waals surface area contributed by atoms with Gasteiger partial charge in [-0.05, 0) is 63.9 Å². The molecule has 30 heavy (non-hydrogen) atoms. The molecule has 7 heteroatoms. The molecule has 0 saturated heterocycles. The molecule has 1 N–H and O–H groups in total. The van der Waals surface area contributed by atoms with E-state index in [2.05, 4.69) is 5.32 Å². The zero-order valence-electron chi connectivity index (χ0n) is 16.2. The van der Waals surface area contributed by atoms with Crippen LogP contribution in [0.4, 0.5) is 0 Å². The Morgan fingerprint density at radius 2 is 2.00 bits per heavy atom. The number of halogens is 1.